The molecule has 0 saturated heterocycles. The number of ether oxygens (including phenoxy) is 2. The van der Waals surface area contributed by atoms with Gasteiger partial charge in [-0.25, -0.2) is 9.59 Å². The Morgan fingerprint density at radius 3 is 2.35 bits per heavy atom. The first-order chi connectivity index (χ1) is 10.7. The van der Waals surface area contributed by atoms with Crippen molar-refractivity contribution < 1.29 is 33.9 Å². The van der Waals surface area contributed by atoms with Crippen LogP contribution in [0.3, 0.4) is 0 Å². The summed E-state index contributed by atoms with van der Waals surface area (Å²) in [6, 6.07) is 9.42. The minimum absolute atomic E-state index is 0.0923. The summed E-state index contributed by atoms with van der Waals surface area (Å²) in [5.74, 6) is -0.778. The van der Waals surface area contributed by atoms with Crippen LogP contribution in [0, 0.1) is 0 Å². The summed E-state index contributed by atoms with van der Waals surface area (Å²) in [5, 5.41) is 8.40. The van der Waals surface area contributed by atoms with Crippen LogP contribution in [-0.2, 0) is 29.6 Å². The second-order valence-corrected chi connectivity index (χ2v) is 5.21. The van der Waals surface area contributed by atoms with Crippen molar-refractivity contribution >= 4 is 12.1 Å². The quantitative estimate of drug-likeness (QED) is 0.205. The third kappa shape index (κ3) is 6.39. The van der Waals surface area contributed by atoms with E-state index in [1.54, 1.807) is 0 Å². The van der Waals surface area contributed by atoms with Crippen LogP contribution in [0.15, 0.2) is 42.2 Å². The van der Waals surface area contributed by atoms with Gasteiger partial charge in [-0.05, 0) is 26.3 Å². The highest BCUT2D eigenvalue weighted by molar-refractivity contribution is 5.87. The van der Waals surface area contributed by atoms with E-state index in [1.165, 1.54) is 13.8 Å². The lowest BCUT2D eigenvalue weighted by Gasteiger charge is -2.23. The molecule has 0 fully saturated rings. The Balaban J connectivity index is 2.53. The number of esters is 1. The van der Waals surface area contributed by atoms with Gasteiger partial charge < -0.3 is 19.5 Å². The van der Waals surface area contributed by atoms with E-state index < -0.39 is 24.0 Å². The van der Waals surface area contributed by atoms with Crippen LogP contribution >= 0.6 is 0 Å². The molecule has 23 heavy (non-hydrogen) atoms. The van der Waals surface area contributed by atoms with Crippen LogP contribution < -0.4 is 0 Å². The highest BCUT2D eigenvalue weighted by Crippen LogP contribution is 2.24. The van der Waals surface area contributed by atoms with Gasteiger partial charge in [0.15, 0.2) is 0 Å². The SMILES string of the molecule is CC(=COOC(C)(C)c1ccccc1)C(=O)OC(C)OC(=O)O. The van der Waals surface area contributed by atoms with Gasteiger partial charge in [0, 0.05) is 6.92 Å². The minimum Gasteiger partial charge on any atom is -0.450 e. The molecule has 7 heteroatoms. The predicted octanol–water partition coefficient (Wildman–Crippen LogP) is 3.36. The number of carboxylic acid groups (broad SMARTS) is 1. The summed E-state index contributed by atoms with van der Waals surface area (Å²) in [4.78, 5) is 32.2. The van der Waals surface area contributed by atoms with Gasteiger partial charge in [0.25, 0.3) is 0 Å². The maximum atomic E-state index is 11.7. The van der Waals surface area contributed by atoms with Crippen LogP contribution in [0.2, 0.25) is 0 Å². The number of carbonyl (C=O) groups excluding carboxylic acids is 1. The monoisotopic (exact) mass is 324 g/mol. The molecule has 1 N–H and O–H groups in total. The third-order valence-electron chi connectivity index (χ3n) is 2.81. The van der Waals surface area contributed by atoms with Gasteiger partial charge in [-0.2, -0.15) is 4.89 Å². The van der Waals surface area contributed by atoms with Crippen molar-refractivity contribution in [2.24, 2.45) is 0 Å². The van der Waals surface area contributed by atoms with E-state index in [4.69, 9.17) is 19.6 Å². The van der Waals surface area contributed by atoms with Crippen molar-refractivity contribution in [3.63, 3.8) is 0 Å². The van der Waals surface area contributed by atoms with Crippen molar-refractivity contribution in [2.75, 3.05) is 0 Å². The van der Waals surface area contributed by atoms with Crippen LogP contribution in [-0.4, -0.2) is 23.5 Å². The fourth-order valence-corrected chi connectivity index (χ4v) is 1.56. The van der Waals surface area contributed by atoms with Crippen LogP contribution in [0.5, 0.6) is 0 Å². The van der Waals surface area contributed by atoms with E-state index in [1.807, 2.05) is 44.2 Å². The Hall–Kier alpha value is -2.54. The Bertz CT molecular complexity index is 563. The van der Waals surface area contributed by atoms with E-state index in [0.717, 1.165) is 11.8 Å². The molecule has 1 rings (SSSR count). The van der Waals surface area contributed by atoms with E-state index in [2.05, 4.69) is 4.74 Å². The minimum atomic E-state index is -1.53. The topological polar surface area (TPSA) is 91.3 Å². The number of benzene rings is 1. The van der Waals surface area contributed by atoms with Crippen molar-refractivity contribution in [2.45, 2.75) is 39.6 Å². The molecule has 0 amide bonds. The summed E-state index contributed by atoms with van der Waals surface area (Å²) in [7, 11) is 0. The zero-order chi connectivity index (χ0) is 17.5. The van der Waals surface area contributed by atoms with E-state index in [0.29, 0.717) is 0 Å². The van der Waals surface area contributed by atoms with Gasteiger partial charge in [0.1, 0.15) is 11.9 Å². The van der Waals surface area contributed by atoms with Crippen molar-refractivity contribution in [3.8, 4) is 0 Å². The molecule has 1 aromatic rings. The van der Waals surface area contributed by atoms with Gasteiger partial charge in [-0.1, -0.05) is 30.3 Å². The normalized spacial score (nSPS) is 13.1. The van der Waals surface area contributed by atoms with Crippen molar-refractivity contribution in [1.29, 1.82) is 0 Å². The molecular weight excluding hydrogens is 304 g/mol. The number of rotatable bonds is 7. The van der Waals surface area contributed by atoms with Gasteiger partial charge in [0.05, 0.1) is 5.57 Å². The molecule has 0 bridgehead atoms. The Kier molecular flexibility index (Phi) is 6.59. The lowest BCUT2D eigenvalue weighted by molar-refractivity contribution is -0.321. The molecule has 0 aliphatic heterocycles. The van der Waals surface area contributed by atoms with Crippen LogP contribution in [0.4, 0.5) is 4.79 Å². The molecule has 0 saturated carbocycles. The molecule has 0 aliphatic rings. The van der Waals surface area contributed by atoms with Gasteiger partial charge in [-0.15, -0.1) is 0 Å². The first kappa shape index (κ1) is 18.5. The van der Waals surface area contributed by atoms with Crippen molar-refractivity contribution in [3.05, 3.63) is 47.7 Å². The molecule has 7 nitrogen and oxygen atoms in total. The summed E-state index contributed by atoms with van der Waals surface area (Å²) in [6.45, 7) is 6.35. The molecular formula is C16H20O7. The molecule has 126 valence electrons. The first-order valence-corrected chi connectivity index (χ1v) is 6.89. The molecule has 1 aromatic carbocycles. The number of hydrogen-bond acceptors (Lipinski definition) is 6. The lowest BCUT2D eigenvalue weighted by atomic mass is 9.99. The van der Waals surface area contributed by atoms with Gasteiger partial charge >= 0.3 is 12.1 Å². The van der Waals surface area contributed by atoms with E-state index in [9.17, 15) is 9.59 Å². The highest BCUT2D eigenvalue weighted by atomic mass is 17.2. The first-order valence-electron chi connectivity index (χ1n) is 6.89. The molecule has 0 aliphatic carbocycles. The van der Waals surface area contributed by atoms with Crippen LogP contribution in [0.1, 0.15) is 33.3 Å². The summed E-state index contributed by atoms with van der Waals surface area (Å²) in [5.41, 5.74) is 0.272. The summed E-state index contributed by atoms with van der Waals surface area (Å²) >= 11 is 0. The molecule has 1 atom stereocenters. The maximum absolute atomic E-state index is 11.7. The predicted molar refractivity (Wildman–Crippen MR) is 80.1 cm³/mol. The smallest absolute Gasteiger partial charge is 0.450 e. The van der Waals surface area contributed by atoms with Gasteiger partial charge in [0.2, 0.25) is 6.29 Å². The number of hydrogen-bond donors (Lipinski definition) is 1. The maximum Gasteiger partial charge on any atom is 0.508 e. The second-order valence-electron chi connectivity index (χ2n) is 5.21. The Morgan fingerprint density at radius 1 is 1.17 bits per heavy atom. The zero-order valence-corrected chi connectivity index (χ0v) is 13.4. The van der Waals surface area contributed by atoms with Crippen molar-refractivity contribution in [1.82, 2.24) is 0 Å². The molecule has 0 radical (unpaired) electrons. The number of carbonyl (C=O) groups is 2. The van der Waals surface area contributed by atoms with E-state index >= 15 is 0 Å². The Morgan fingerprint density at radius 2 is 1.78 bits per heavy atom. The summed E-state index contributed by atoms with van der Waals surface area (Å²) in [6.07, 6.45) is -1.67. The standard InChI is InChI=1S/C16H20O7/c1-11(14(17)21-12(2)22-15(18)19)10-20-23-16(3,4)13-8-6-5-7-9-13/h5-10,12H,1-4H3,(H,18,19). The largest absolute Gasteiger partial charge is 0.508 e. The van der Waals surface area contributed by atoms with E-state index in [-0.39, 0.29) is 5.57 Å². The second kappa shape index (κ2) is 8.19. The molecule has 0 heterocycles. The molecule has 1 unspecified atom stereocenters. The fourth-order valence-electron chi connectivity index (χ4n) is 1.56. The van der Waals surface area contributed by atoms with Gasteiger partial charge in [-0.3, -0.25) is 0 Å². The summed E-state index contributed by atoms with van der Waals surface area (Å²) < 4.78 is 9.01. The zero-order valence-electron chi connectivity index (χ0n) is 13.4. The Labute approximate surface area is 134 Å². The highest BCUT2D eigenvalue weighted by Gasteiger charge is 2.23. The average Bonchev–Trinajstić information content (AvgIpc) is 2.46. The van der Waals surface area contributed by atoms with Crippen LogP contribution in [0.25, 0.3) is 0 Å². The molecule has 0 aromatic heterocycles. The fraction of sp³-hybridized carbons (Fsp3) is 0.375. The molecule has 0 spiro atoms. The third-order valence-corrected chi connectivity index (χ3v) is 2.81. The average molecular weight is 324 g/mol. The lowest BCUT2D eigenvalue weighted by Crippen LogP contribution is -2.22.